The quantitative estimate of drug-likeness (QED) is 0.792. The van der Waals surface area contributed by atoms with Crippen LogP contribution in [0.1, 0.15) is 37.6 Å². The molecule has 21 heavy (non-hydrogen) atoms. The van der Waals surface area contributed by atoms with Crippen LogP contribution in [-0.2, 0) is 11.8 Å². The van der Waals surface area contributed by atoms with Crippen LogP contribution in [0.2, 0.25) is 0 Å². The lowest BCUT2D eigenvalue weighted by atomic mass is 10.1. The number of ether oxygens (including phenoxy) is 2. The number of carbonyl (C=O) groups is 1. The van der Waals surface area contributed by atoms with Crippen molar-refractivity contribution in [1.29, 1.82) is 0 Å². The van der Waals surface area contributed by atoms with Gasteiger partial charge < -0.3 is 9.47 Å². The molecule has 114 valence electrons. The molecule has 0 aliphatic heterocycles. The number of hydrogen-bond donors (Lipinski definition) is 0. The first-order valence-corrected chi connectivity index (χ1v) is 6.99. The van der Waals surface area contributed by atoms with Gasteiger partial charge in [0.1, 0.15) is 11.3 Å². The van der Waals surface area contributed by atoms with Gasteiger partial charge in [0.2, 0.25) is 0 Å². The Morgan fingerprint density at radius 3 is 2.67 bits per heavy atom. The third-order valence-electron chi connectivity index (χ3n) is 3.25. The Morgan fingerprint density at radius 1 is 1.33 bits per heavy atom. The zero-order valence-electron chi connectivity index (χ0n) is 13.1. The van der Waals surface area contributed by atoms with Crippen LogP contribution in [0.5, 0.6) is 5.75 Å². The van der Waals surface area contributed by atoms with Crippen LogP contribution in [0.4, 0.5) is 0 Å². The molecule has 2 aromatic heterocycles. The Bertz CT molecular complexity index is 649. The predicted molar refractivity (Wildman–Crippen MR) is 79.4 cm³/mol. The first-order chi connectivity index (χ1) is 9.93. The molecule has 2 aromatic rings. The van der Waals surface area contributed by atoms with E-state index in [1.807, 2.05) is 6.92 Å². The van der Waals surface area contributed by atoms with Gasteiger partial charge in [-0.05, 0) is 19.3 Å². The van der Waals surface area contributed by atoms with Gasteiger partial charge in [-0.3, -0.25) is 4.68 Å². The van der Waals surface area contributed by atoms with Crippen molar-refractivity contribution in [3.05, 3.63) is 18.0 Å². The molecule has 2 rings (SSSR count). The van der Waals surface area contributed by atoms with Crippen LogP contribution in [0, 0.1) is 5.92 Å². The summed E-state index contributed by atoms with van der Waals surface area (Å²) < 4.78 is 12.5. The molecule has 0 aromatic carbocycles. The van der Waals surface area contributed by atoms with Crippen molar-refractivity contribution in [2.24, 2.45) is 13.0 Å². The third-order valence-corrected chi connectivity index (χ3v) is 3.25. The number of aryl methyl sites for hydroxylation is 1. The first-order valence-electron chi connectivity index (χ1n) is 6.99. The maximum Gasteiger partial charge on any atom is 0.343 e. The summed E-state index contributed by atoms with van der Waals surface area (Å²) in [5.74, 6) is 0.502. The Kier molecular flexibility index (Phi) is 4.45. The molecule has 0 aliphatic carbocycles. The molecule has 0 amide bonds. The van der Waals surface area contributed by atoms with Crippen molar-refractivity contribution in [2.75, 3.05) is 7.11 Å². The number of pyridine rings is 1. The van der Waals surface area contributed by atoms with Gasteiger partial charge in [-0.2, -0.15) is 5.10 Å². The van der Waals surface area contributed by atoms with Gasteiger partial charge in [0, 0.05) is 13.2 Å². The van der Waals surface area contributed by atoms with Gasteiger partial charge in [0.25, 0.3) is 0 Å². The zero-order valence-corrected chi connectivity index (χ0v) is 13.1. The molecule has 0 spiro atoms. The largest absolute Gasteiger partial charge is 0.495 e. The van der Waals surface area contributed by atoms with Gasteiger partial charge in [-0.25, -0.2) is 9.78 Å². The molecule has 0 saturated heterocycles. The van der Waals surface area contributed by atoms with E-state index in [1.54, 1.807) is 17.9 Å². The van der Waals surface area contributed by atoms with Crippen LogP contribution in [0.25, 0.3) is 11.0 Å². The number of esters is 1. The van der Waals surface area contributed by atoms with Crippen molar-refractivity contribution < 1.29 is 14.3 Å². The molecule has 0 N–H and O–H groups in total. The number of rotatable bonds is 5. The summed E-state index contributed by atoms with van der Waals surface area (Å²) in [6.45, 7) is 6.07. The lowest BCUT2D eigenvalue weighted by Gasteiger charge is -2.16. The van der Waals surface area contributed by atoms with Crippen LogP contribution in [0.3, 0.4) is 0 Å². The number of fused-ring (bicyclic) bond motifs is 1. The van der Waals surface area contributed by atoms with Crippen LogP contribution in [-0.4, -0.2) is 33.9 Å². The number of carbonyl (C=O) groups excluding carboxylic acids is 1. The van der Waals surface area contributed by atoms with E-state index in [0.717, 1.165) is 6.42 Å². The average Bonchev–Trinajstić information content (AvgIpc) is 2.78. The van der Waals surface area contributed by atoms with Gasteiger partial charge in [0.15, 0.2) is 5.65 Å². The van der Waals surface area contributed by atoms with E-state index < -0.39 is 5.97 Å². The standard InChI is InChI=1S/C15H21N3O3/c1-9(2)6-10(3)21-15(19)12-7-16-14-11(13(12)20-5)8-17-18(14)4/h7-10H,6H2,1-5H3/t10-/m1/s1. The minimum Gasteiger partial charge on any atom is -0.495 e. The summed E-state index contributed by atoms with van der Waals surface area (Å²) >= 11 is 0. The summed E-state index contributed by atoms with van der Waals surface area (Å²) in [5.41, 5.74) is 0.993. The maximum absolute atomic E-state index is 12.3. The zero-order chi connectivity index (χ0) is 15.6. The fraction of sp³-hybridized carbons (Fsp3) is 0.533. The molecule has 0 unspecified atom stereocenters. The van der Waals surface area contributed by atoms with E-state index in [-0.39, 0.29) is 6.10 Å². The Labute approximate surface area is 124 Å². The second kappa shape index (κ2) is 6.11. The normalized spacial score (nSPS) is 12.7. The monoisotopic (exact) mass is 291 g/mol. The lowest BCUT2D eigenvalue weighted by Crippen LogP contribution is -2.17. The van der Waals surface area contributed by atoms with Crippen molar-refractivity contribution in [3.8, 4) is 5.75 Å². The summed E-state index contributed by atoms with van der Waals surface area (Å²) in [7, 11) is 3.31. The molecule has 0 saturated carbocycles. The second-order valence-electron chi connectivity index (χ2n) is 5.56. The fourth-order valence-corrected chi connectivity index (χ4v) is 2.40. The summed E-state index contributed by atoms with van der Waals surface area (Å²) in [6.07, 6.45) is 3.78. The predicted octanol–water partition coefficient (Wildman–Crippen LogP) is 2.57. The molecule has 0 fully saturated rings. The topological polar surface area (TPSA) is 66.2 Å². The van der Waals surface area contributed by atoms with E-state index >= 15 is 0 Å². The smallest absolute Gasteiger partial charge is 0.343 e. The highest BCUT2D eigenvalue weighted by Gasteiger charge is 2.21. The summed E-state index contributed by atoms with van der Waals surface area (Å²) in [6, 6.07) is 0. The Hall–Kier alpha value is -2.11. The van der Waals surface area contributed by atoms with E-state index in [9.17, 15) is 4.79 Å². The van der Waals surface area contributed by atoms with Gasteiger partial charge >= 0.3 is 5.97 Å². The maximum atomic E-state index is 12.3. The third kappa shape index (κ3) is 3.15. The average molecular weight is 291 g/mol. The highest BCUT2D eigenvalue weighted by Crippen LogP contribution is 2.28. The molecule has 6 heteroatoms. The molecule has 2 heterocycles. The molecule has 0 bridgehead atoms. The number of nitrogens with zero attached hydrogens (tertiary/aromatic N) is 3. The molecular weight excluding hydrogens is 270 g/mol. The fourth-order valence-electron chi connectivity index (χ4n) is 2.40. The summed E-state index contributed by atoms with van der Waals surface area (Å²) in [5, 5.41) is 4.83. The van der Waals surface area contributed by atoms with Crippen molar-refractivity contribution in [2.45, 2.75) is 33.3 Å². The highest BCUT2D eigenvalue weighted by atomic mass is 16.5. The summed E-state index contributed by atoms with van der Waals surface area (Å²) in [4.78, 5) is 16.6. The van der Waals surface area contributed by atoms with Gasteiger partial charge in [-0.15, -0.1) is 0 Å². The molecule has 1 atom stereocenters. The highest BCUT2D eigenvalue weighted by molar-refractivity contribution is 5.98. The first kappa shape index (κ1) is 15.3. The molecule has 0 aliphatic rings. The van der Waals surface area contributed by atoms with Crippen LogP contribution < -0.4 is 4.74 Å². The van der Waals surface area contributed by atoms with Crippen molar-refractivity contribution >= 4 is 17.0 Å². The number of methoxy groups -OCH3 is 1. The molecule has 0 radical (unpaired) electrons. The van der Waals surface area contributed by atoms with Crippen molar-refractivity contribution in [1.82, 2.24) is 14.8 Å². The lowest BCUT2D eigenvalue weighted by molar-refractivity contribution is 0.0296. The van der Waals surface area contributed by atoms with Crippen LogP contribution in [0.15, 0.2) is 12.4 Å². The van der Waals surface area contributed by atoms with E-state index in [2.05, 4.69) is 23.9 Å². The Balaban J connectivity index is 2.31. The molecule has 6 nitrogen and oxygen atoms in total. The second-order valence-corrected chi connectivity index (χ2v) is 5.56. The minimum atomic E-state index is -0.418. The van der Waals surface area contributed by atoms with E-state index in [4.69, 9.17) is 9.47 Å². The van der Waals surface area contributed by atoms with Gasteiger partial charge in [0.05, 0.1) is 24.8 Å². The number of aromatic nitrogens is 3. The number of hydrogen-bond acceptors (Lipinski definition) is 5. The molecular formula is C15H21N3O3. The minimum absolute atomic E-state index is 0.146. The van der Waals surface area contributed by atoms with Crippen molar-refractivity contribution in [3.63, 3.8) is 0 Å². The van der Waals surface area contributed by atoms with E-state index in [1.165, 1.54) is 13.3 Å². The SMILES string of the molecule is COc1c(C(=O)O[C@H](C)CC(C)C)cnc2c1cnn2C. The van der Waals surface area contributed by atoms with Gasteiger partial charge in [-0.1, -0.05) is 13.8 Å². The van der Waals surface area contributed by atoms with E-state index in [0.29, 0.717) is 28.3 Å². The van der Waals surface area contributed by atoms with Crippen LogP contribution >= 0.6 is 0 Å². The Morgan fingerprint density at radius 2 is 2.05 bits per heavy atom.